The van der Waals surface area contributed by atoms with E-state index in [1.807, 2.05) is 18.2 Å². The van der Waals surface area contributed by atoms with Crippen LogP contribution in [0.2, 0.25) is 0 Å². The zero-order valence-electron chi connectivity index (χ0n) is 17.4. The lowest BCUT2D eigenvalue weighted by molar-refractivity contribution is 0.0342. The number of nitrogens with one attached hydrogen (secondary N) is 1. The second kappa shape index (κ2) is 10.1. The zero-order valence-corrected chi connectivity index (χ0v) is 17.4. The van der Waals surface area contributed by atoms with Gasteiger partial charge in [-0.3, -0.25) is 9.69 Å². The number of ether oxygens (including phenoxy) is 2. The van der Waals surface area contributed by atoms with Gasteiger partial charge in [0.15, 0.2) is 23.1 Å². The van der Waals surface area contributed by atoms with Gasteiger partial charge in [-0.25, -0.2) is 8.78 Å². The van der Waals surface area contributed by atoms with Crippen molar-refractivity contribution in [1.82, 2.24) is 4.90 Å². The van der Waals surface area contributed by atoms with Crippen LogP contribution in [0.15, 0.2) is 46.9 Å². The van der Waals surface area contributed by atoms with Crippen LogP contribution in [0.1, 0.15) is 21.9 Å². The molecule has 33 heavy (non-hydrogen) atoms. The molecule has 0 radical (unpaired) electrons. The summed E-state index contributed by atoms with van der Waals surface area (Å²) in [5, 5.41) is 2.72. The maximum atomic E-state index is 13.7. The smallest absolute Gasteiger partial charge is 0.291 e. The summed E-state index contributed by atoms with van der Waals surface area (Å²) in [6.45, 7) is 3.23. The van der Waals surface area contributed by atoms with Crippen LogP contribution in [0, 0.1) is 23.3 Å². The Balaban J connectivity index is 1.37. The molecule has 1 aliphatic heterocycles. The van der Waals surface area contributed by atoms with Gasteiger partial charge >= 0.3 is 0 Å². The maximum Gasteiger partial charge on any atom is 0.291 e. The minimum absolute atomic E-state index is 0.0321. The Labute approximate surface area is 186 Å². The van der Waals surface area contributed by atoms with Crippen molar-refractivity contribution in [3.05, 3.63) is 82.8 Å². The molecule has 1 N–H and O–H groups in total. The van der Waals surface area contributed by atoms with E-state index in [1.165, 1.54) is 12.1 Å². The zero-order chi connectivity index (χ0) is 23.4. The van der Waals surface area contributed by atoms with E-state index in [0.29, 0.717) is 18.9 Å². The largest absolute Gasteiger partial charge is 0.479 e. The molecule has 2 aromatic carbocycles. The first-order valence-corrected chi connectivity index (χ1v) is 10.2. The van der Waals surface area contributed by atoms with Crippen molar-refractivity contribution in [2.24, 2.45) is 0 Å². The summed E-state index contributed by atoms with van der Waals surface area (Å²) in [4.78, 5) is 14.8. The number of rotatable bonds is 7. The molecule has 174 valence electrons. The fraction of sp³-hybridized carbons (Fsp3) is 0.261. The fourth-order valence-electron chi connectivity index (χ4n) is 3.36. The topological polar surface area (TPSA) is 63.9 Å². The van der Waals surface area contributed by atoms with Gasteiger partial charge < -0.3 is 19.2 Å². The average molecular weight is 464 g/mol. The normalized spacial score (nSPS) is 14.3. The van der Waals surface area contributed by atoms with Crippen molar-refractivity contribution >= 4 is 11.6 Å². The third-order valence-electron chi connectivity index (χ3n) is 5.01. The maximum absolute atomic E-state index is 13.7. The summed E-state index contributed by atoms with van der Waals surface area (Å²) in [5.74, 6) is -8.27. The Kier molecular flexibility index (Phi) is 6.95. The molecule has 6 nitrogen and oxygen atoms in total. The average Bonchev–Trinajstić information content (AvgIpc) is 3.28. The van der Waals surface area contributed by atoms with Crippen molar-refractivity contribution in [3.63, 3.8) is 0 Å². The molecule has 1 aliphatic rings. The van der Waals surface area contributed by atoms with Crippen LogP contribution in [0.3, 0.4) is 0 Å². The van der Waals surface area contributed by atoms with Crippen molar-refractivity contribution in [2.45, 2.75) is 13.2 Å². The summed E-state index contributed by atoms with van der Waals surface area (Å²) in [5.41, 5.74) is 1.59. The van der Waals surface area contributed by atoms with E-state index >= 15 is 0 Å². The quantitative estimate of drug-likeness (QED) is 0.412. The first-order valence-electron chi connectivity index (χ1n) is 10.2. The number of amides is 1. The number of benzene rings is 2. The van der Waals surface area contributed by atoms with Gasteiger partial charge in [0.1, 0.15) is 12.4 Å². The predicted octanol–water partition coefficient (Wildman–Crippen LogP) is 4.50. The molecule has 0 bridgehead atoms. The number of hydrogen-bond acceptors (Lipinski definition) is 5. The Morgan fingerprint density at radius 3 is 2.45 bits per heavy atom. The van der Waals surface area contributed by atoms with E-state index < -0.39 is 41.5 Å². The van der Waals surface area contributed by atoms with Gasteiger partial charge in [-0.15, -0.1) is 0 Å². The first-order chi connectivity index (χ1) is 15.9. The van der Waals surface area contributed by atoms with Crippen molar-refractivity contribution in [1.29, 1.82) is 0 Å². The van der Waals surface area contributed by atoms with Crippen LogP contribution in [0.4, 0.5) is 23.2 Å². The summed E-state index contributed by atoms with van der Waals surface area (Å²) in [7, 11) is 0. The molecule has 1 fully saturated rings. The molecule has 10 heteroatoms. The number of anilines is 1. The van der Waals surface area contributed by atoms with Crippen LogP contribution in [-0.2, 0) is 17.9 Å². The van der Waals surface area contributed by atoms with Gasteiger partial charge in [-0.2, -0.15) is 8.78 Å². The Morgan fingerprint density at radius 1 is 1.00 bits per heavy atom. The van der Waals surface area contributed by atoms with Gasteiger partial charge in [-0.05, 0) is 29.8 Å². The molecule has 3 aromatic rings. The van der Waals surface area contributed by atoms with Gasteiger partial charge in [0.2, 0.25) is 11.6 Å². The second-order valence-corrected chi connectivity index (χ2v) is 7.39. The molecular weight excluding hydrogens is 444 g/mol. The van der Waals surface area contributed by atoms with Crippen molar-refractivity contribution in [2.75, 3.05) is 31.6 Å². The van der Waals surface area contributed by atoms with E-state index in [4.69, 9.17) is 13.9 Å². The molecule has 1 amide bonds. The Bertz CT molecular complexity index is 1120. The lowest BCUT2D eigenvalue weighted by Gasteiger charge is -2.26. The van der Waals surface area contributed by atoms with Gasteiger partial charge in [0, 0.05) is 31.4 Å². The molecule has 0 unspecified atom stereocenters. The summed E-state index contributed by atoms with van der Waals surface area (Å²) in [6.07, 6.45) is 0. The van der Waals surface area contributed by atoms with E-state index in [0.717, 1.165) is 25.2 Å². The number of furan rings is 1. The van der Waals surface area contributed by atoms with E-state index in [2.05, 4.69) is 10.2 Å². The molecule has 1 aromatic heterocycles. The van der Waals surface area contributed by atoms with Crippen LogP contribution < -0.4 is 10.1 Å². The van der Waals surface area contributed by atoms with Gasteiger partial charge in [0.05, 0.1) is 13.2 Å². The monoisotopic (exact) mass is 464 g/mol. The Morgan fingerprint density at radius 2 is 1.73 bits per heavy atom. The van der Waals surface area contributed by atoms with Gasteiger partial charge in [0.25, 0.3) is 5.91 Å². The molecular formula is C23H20F4N2O4. The summed E-state index contributed by atoms with van der Waals surface area (Å²) in [6, 6.07) is 10.2. The van der Waals surface area contributed by atoms with Crippen molar-refractivity contribution < 1.29 is 36.2 Å². The third kappa shape index (κ3) is 5.52. The highest BCUT2D eigenvalue weighted by Crippen LogP contribution is 2.27. The fourth-order valence-corrected chi connectivity index (χ4v) is 3.36. The van der Waals surface area contributed by atoms with E-state index in [-0.39, 0.29) is 17.6 Å². The molecule has 2 heterocycles. The molecule has 0 saturated carbocycles. The van der Waals surface area contributed by atoms with Crippen LogP contribution in [0.25, 0.3) is 0 Å². The highest BCUT2D eigenvalue weighted by Gasteiger charge is 2.21. The number of hydrogen-bond donors (Lipinski definition) is 1. The lowest BCUT2D eigenvalue weighted by atomic mass is 10.2. The lowest BCUT2D eigenvalue weighted by Crippen LogP contribution is -2.35. The van der Waals surface area contributed by atoms with E-state index in [9.17, 15) is 22.4 Å². The first kappa shape index (κ1) is 22.8. The van der Waals surface area contributed by atoms with Crippen LogP contribution in [0.5, 0.6) is 5.75 Å². The standard InChI is InChI=1S/C23H20F4N2O4/c24-17-11-18(25)21(27)22(20(17)26)32-13-16-4-5-19(33-16)23(30)28-15-3-1-2-14(10-15)12-29-6-8-31-9-7-29/h1-5,10-11H,6-9,12-13H2,(H,28,30). The molecule has 1 saturated heterocycles. The minimum atomic E-state index is -1.66. The highest BCUT2D eigenvalue weighted by atomic mass is 19.2. The SMILES string of the molecule is O=C(Nc1cccc(CN2CCOCC2)c1)c1ccc(COc2c(F)c(F)cc(F)c2F)o1. The van der Waals surface area contributed by atoms with Crippen LogP contribution >= 0.6 is 0 Å². The minimum Gasteiger partial charge on any atom is -0.479 e. The number of halogens is 4. The number of nitrogens with zero attached hydrogens (tertiary/aromatic N) is 1. The predicted molar refractivity (Wildman–Crippen MR) is 110 cm³/mol. The van der Waals surface area contributed by atoms with E-state index in [1.54, 1.807) is 6.07 Å². The Hall–Kier alpha value is -3.37. The third-order valence-corrected chi connectivity index (χ3v) is 5.01. The summed E-state index contributed by atoms with van der Waals surface area (Å²) >= 11 is 0. The second-order valence-electron chi connectivity index (χ2n) is 7.39. The summed E-state index contributed by atoms with van der Waals surface area (Å²) < 4.78 is 69.5. The molecule has 4 rings (SSSR count). The van der Waals surface area contributed by atoms with Gasteiger partial charge in [-0.1, -0.05) is 12.1 Å². The molecule has 0 spiro atoms. The number of morpholine rings is 1. The van der Waals surface area contributed by atoms with Crippen molar-refractivity contribution in [3.8, 4) is 5.75 Å². The molecule has 0 atom stereocenters. The number of carbonyl (C=O) groups excluding carboxylic acids is 1. The number of carbonyl (C=O) groups is 1. The highest BCUT2D eigenvalue weighted by molar-refractivity contribution is 6.02. The van der Waals surface area contributed by atoms with Crippen LogP contribution in [-0.4, -0.2) is 37.1 Å². The molecule has 0 aliphatic carbocycles.